The number of hydrogen-bond acceptors (Lipinski definition) is 4. The number of carbonyl (C=O) groups excluding carboxylic acids is 2. The monoisotopic (exact) mass is 359 g/mol. The summed E-state index contributed by atoms with van der Waals surface area (Å²) >= 11 is 1.63. The Hall–Kier alpha value is -1.95. The molecule has 1 aliphatic heterocycles. The van der Waals surface area contributed by atoms with Crippen LogP contribution in [0.2, 0.25) is 0 Å². The van der Waals surface area contributed by atoms with Crippen molar-refractivity contribution in [2.24, 2.45) is 5.92 Å². The summed E-state index contributed by atoms with van der Waals surface area (Å²) < 4.78 is 1.10. The highest BCUT2D eigenvalue weighted by atomic mass is 32.1. The standard InChI is InChI=1S/C19H25N3O2S/c1-4-21(5-2)19(24)15-7-6-10-22(12-15)18(23)14-8-9-17-16(11-14)20-13(3)25-17/h8-9,11,15H,4-7,10,12H2,1-3H3/t15-/m1/s1. The van der Waals surface area contributed by atoms with Crippen molar-refractivity contribution >= 4 is 33.4 Å². The molecule has 0 bridgehead atoms. The van der Waals surface area contributed by atoms with Crippen molar-refractivity contribution in [3.05, 3.63) is 28.8 Å². The first kappa shape index (κ1) is 17.9. The van der Waals surface area contributed by atoms with Gasteiger partial charge in [0, 0.05) is 31.7 Å². The number of fused-ring (bicyclic) bond motifs is 1. The van der Waals surface area contributed by atoms with Gasteiger partial charge >= 0.3 is 0 Å². The van der Waals surface area contributed by atoms with Crippen molar-refractivity contribution < 1.29 is 9.59 Å². The largest absolute Gasteiger partial charge is 0.343 e. The molecule has 1 aromatic carbocycles. The number of aromatic nitrogens is 1. The summed E-state index contributed by atoms with van der Waals surface area (Å²) in [6, 6.07) is 5.71. The first-order chi connectivity index (χ1) is 12.0. The Labute approximate surface area is 152 Å². The highest BCUT2D eigenvalue weighted by Gasteiger charge is 2.30. The Kier molecular flexibility index (Phi) is 5.37. The Balaban J connectivity index is 1.75. The summed E-state index contributed by atoms with van der Waals surface area (Å²) in [5.74, 6) is 0.0977. The molecule has 1 fully saturated rings. The molecule has 0 N–H and O–H groups in total. The molecule has 5 nitrogen and oxygen atoms in total. The van der Waals surface area contributed by atoms with E-state index in [1.165, 1.54) is 0 Å². The second-order valence-electron chi connectivity index (χ2n) is 6.52. The molecule has 1 atom stereocenters. The number of amides is 2. The molecule has 2 amide bonds. The molecule has 0 saturated carbocycles. The molecule has 6 heteroatoms. The summed E-state index contributed by atoms with van der Waals surface area (Å²) in [5.41, 5.74) is 1.54. The molecule has 3 rings (SSSR count). The number of piperidine rings is 1. The van der Waals surface area contributed by atoms with Crippen LogP contribution in [0.1, 0.15) is 42.1 Å². The maximum absolute atomic E-state index is 12.9. The predicted octanol–water partition coefficient (Wildman–Crippen LogP) is 3.33. The summed E-state index contributed by atoms with van der Waals surface area (Å²) in [4.78, 5) is 33.7. The van der Waals surface area contributed by atoms with Crippen LogP contribution in [0.5, 0.6) is 0 Å². The van der Waals surface area contributed by atoms with E-state index in [2.05, 4.69) is 4.98 Å². The quantitative estimate of drug-likeness (QED) is 0.841. The molecule has 1 saturated heterocycles. The normalized spacial score (nSPS) is 17.7. The molecule has 134 valence electrons. The molecule has 1 aliphatic rings. The number of rotatable bonds is 4. The lowest BCUT2D eigenvalue weighted by molar-refractivity contribution is -0.136. The lowest BCUT2D eigenvalue weighted by Crippen LogP contribution is -2.46. The number of hydrogen-bond donors (Lipinski definition) is 0. The van der Waals surface area contributed by atoms with Gasteiger partial charge in [0.05, 0.1) is 21.1 Å². The van der Waals surface area contributed by atoms with Crippen LogP contribution in [0.4, 0.5) is 0 Å². The third-order valence-electron chi connectivity index (χ3n) is 4.87. The number of aryl methyl sites for hydroxylation is 1. The summed E-state index contributed by atoms with van der Waals surface area (Å²) in [6.07, 6.45) is 1.74. The van der Waals surface area contributed by atoms with Crippen LogP contribution in [0, 0.1) is 12.8 Å². The molecule has 0 aliphatic carbocycles. The number of likely N-dealkylation sites (tertiary alicyclic amines) is 1. The van der Waals surface area contributed by atoms with Gasteiger partial charge in [0.2, 0.25) is 5.91 Å². The van der Waals surface area contributed by atoms with Crippen molar-refractivity contribution in [2.45, 2.75) is 33.6 Å². The maximum Gasteiger partial charge on any atom is 0.253 e. The summed E-state index contributed by atoms with van der Waals surface area (Å²) in [6.45, 7) is 8.65. The van der Waals surface area contributed by atoms with Crippen LogP contribution in [0.15, 0.2) is 18.2 Å². The maximum atomic E-state index is 12.9. The van der Waals surface area contributed by atoms with Gasteiger partial charge < -0.3 is 9.80 Å². The van der Waals surface area contributed by atoms with E-state index in [1.807, 2.05) is 48.8 Å². The van der Waals surface area contributed by atoms with Gasteiger partial charge in [-0.3, -0.25) is 9.59 Å². The van der Waals surface area contributed by atoms with Crippen molar-refractivity contribution in [3.63, 3.8) is 0 Å². The average Bonchev–Trinajstić information content (AvgIpc) is 3.01. The minimum Gasteiger partial charge on any atom is -0.343 e. The zero-order valence-electron chi connectivity index (χ0n) is 15.1. The number of nitrogens with zero attached hydrogens (tertiary/aromatic N) is 3. The van der Waals surface area contributed by atoms with Gasteiger partial charge in [-0.2, -0.15) is 0 Å². The molecule has 0 spiro atoms. The van der Waals surface area contributed by atoms with E-state index in [4.69, 9.17) is 0 Å². The third kappa shape index (κ3) is 3.68. The molecule has 1 aromatic heterocycles. The van der Waals surface area contributed by atoms with Gasteiger partial charge in [0.1, 0.15) is 0 Å². The zero-order valence-corrected chi connectivity index (χ0v) is 15.9. The molecule has 2 aromatic rings. The van der Waals surface area contributed by atoms with Crippen molar-refractivity contribution in [1.82, 2.24) is 14.8 Å². The van der Waals surface area contributed by atoms with E-state index in [1.54, 1.807) is 11.3 Å². The Morgan fingerprint density at radius 2 is 2.08 bits per heavy atom. The van der Waals surface area contributed by atoms with Crippen LogP contribution in [0.25, 0.3) is 10.2 Å². The third-order valence-corrected chi connectivity index (χ3v) is 5.83. The number of carbonyl (C=O) groups is 2. The van der Waals surface area contributed by atoms with Crippen molar-refractivity contribution in [2.75, 3.05) is 26.2 Å². The average molecular weight is 359 g/mol. The lowest BCUT2D eigenvalue weighted by atomic mass is 9.95. The van der Waals surface area contributed by atoms with Crippen molar-refractivity contribution in [1.29, 1.82) is 0 Å². The van der Waals surface area contributed by atoms with Crippen LogP contribution in [0.3, 0.4) is 0 Å². The zero-order chi connectivity index (χ0) is 18.0. The van der Waals surface area contributed by atoms with Gasteiger partial charge in [0.15, 0.2) is 0 Å². The molecular weight excluding hydrogens is 334 g/mol. The topological polar surface area (TPSA) is 53.5 Å². The van der Waals surface area contributed by atoms with Gasteiger partial charge in [-0.1, -0.05) is 0 Å². The Bertz CT molecular complexity index is 782. The number of thiazole rings is 1. The van der Waals surface area contributed by atoms with E-state index in [9.17, 15) is 9.59 Å². The summed E-state index contributed by atoms with van der Waals surface area (Å²) in [5, 5.41) is 1.00. The Morgan fingerprint density at radius 3 is 2.80 bits per heavy atom. The fourth-order valence-corrected chi connectivity index (χ4v) is 4.32. The Morgan fingerprint density at radius 1 is 1.32 bits per heavy atom. The van der Waals surface area contributed by atoms with E-state index >= 15 is 0 Å². The van der Waals surface area contributed by atoms with E-state index < -0.39 is 0 Å². The van der Waals surface area contributed by atoms with Gasteiger partial charge in [-0.25, -0.2) is 4.98 Å². The summed E-state index contributed by atoms with van der Waals surface area (Å²) in [7, 11) is 0. The van der Waals surface area contributed by atoms with Crippen LogP contribution >= 0.6 is 11.3 Å². The van der Waals surface area contributed by atoms with E-state index in [0.29, 0.717) is 12.1 Å². The second-order valence-corrected chi connectivity index (χ2v) is 7.75. The van der Waals surface area contributed by atoms with Crippen molar-refractivity contribution in [3.8, 4) is 0 Å². The fraction of sp³-hybridized carbons (Fsp3) is 0.526. The van der Waals surface area contributed by atoms with E-state index in [-0.39, 0.29) is 17.7 Å². The minimum atomic E-state index is -0.0807. The van der Waals surface area contributed by atoms with Crippen LogP contribution < -0.4 is 0 Å². The molecule has 0 radical (unpaired) electrons. The number of benzene rings is 1. The van der Waals surface area contributed by atoms with E-state index in [0.717, 1.165) is 47.7 Å². The first-order valence-electron chi connectivity index (χ1n) is 8.98. The first-order valence-corrected chi connectivity index (χ1v) is 9.80. The highest BCUT2D eigenvalue weighted by molar-refractivity contribution is 7.18. The van der Waals surface area contributed by atoms with Gasteiger partial charge in [-0.15, -0.1) is 11.3 Å². The minimum absolute atomic E-state index is 0.00426. The molecule has 2 heterocycles. The van der Waals surface area contributed by atoms with Crippen LogP contribution in [-0.4, -0.2) is 52.8 Å². The van der Waals surface area contributed by atoms with Crippen LogP contribution in [-0.2, 0) is 4.79 Å². The highest BCUT2D eigenvalue weighted by Crippen LogP contribution is 2.25. The molecule has 25 heavy (non-hydrogen) atoms. The second kappa shape index (κ2) is 7.52. The molecule has 0 unspecified atom stereocenters. The predicted molar refractivity (Wildman–Crippen MR) is 101 cm³/mol. The smallest absolute Gasteiger partial charge is 0.253 e. The SMILES string of the molecule is CCN(CC)C(=O)[C@@H]1CCCN(C(=O)c2ccc3sc(C)nc3c2)C1. The van der Waals surface area contributed by atoms with Gasteiger partial charge in [-0.05, 0) is 51.8 Å². The molecular formula is C19H25N3O2S. The van der Waals surface area contributed by atoms with Gasteiger partial charge in [0.25, 0.3) is 5.91 Å². The lowest BCUT2D eigenvalue weighted by Gasteiger charge is -2.34. The fourth-order valence-electron chi connectivity index (χ4n) is 3.51.